The van der Waals surface area contributed by atoms with Crippen LogP contribution in [0.15, 0.2) is 17.0 Å². The predicted molar refractivity (Wildman–Crippen MR) is 48.1 cm³/mol. The Hall–Kier alpha value is -1.15. The Morgan fingerprint density at radius 2 is 1.93 bits per heavy atom. The van der Waals surface area contributed by atoms with Crippen LogP contribution >= 0.6 is 12.6 Å². The van der Waals surface area contributed by atoms with Gasteiger partial charge in [0.2, 0.25) is 0 Å². The molecule has 0 amide bonds. The van der Waals surface area contributed by atoms with Crippen molar-refractivity contribution in [3.63, 3.8) is 0 Å². The fourth-order valence-corrected chi connectivity index (χ4v) is 1.46. The summed E-state index contributed by atoms with van der Waals surface area (Å²) >= 11 is 3.83. The fraction of sp³-hybridized carbons (Fsp3) is 0.222. The second-order valence-corrected chi connectivity index (χ2v) is 3.31. The fourth-order valence-electron chi connectivity index (χ4n) is 1.14. The third kappa shape index (κ3) is 2.02. The van der Waals surface area contributed by atoms with Gasteiger partial charge in [-0.05, 0) is 24.6 Å². The number of halogens is 3. The Kier molecular flexibility index (Phi) is 2.76. The normalized spacial score (nSPS) is 11.1. The summed E-state index contributed by atoms with van der Waals surface area (Å²) in [5, 5.41) is 8.58. The zero-order valence-electron chi connectivity index (χ0n) is 7.18. The van der Waals surface area contributed by atoms with Gasteiger partial charge in [-0.25, -0.2) is 0 Å². The van der Waals surface area contributed by atoms with E-state index in [0.29, 0.717) is 0 Å². The number of thiol groups is 1. The zero-order chi connectivity index (χ0) is 10.9. The van der Waals surface area contributed by atoms with Crippen molar-refractivity contribution in [2.24, 2.45) is 0 Å². The summed E-state index contributed by atoms with van der Waals surface area (Å²) in [6, 6.07) is 3.83. The van der Waals surface area contributed by atoms with E-state index in [1.54, 1.807) is 6.07 Å². The molecule has 74 valence electrons. The monoisotopic (exact) mass is 217 g/mol. The van der Waals surface area contributed by atoms with E-state index in [1.165, 1.54) is 13.0 Å². The van der Waals surface area contributed by atoms with Gasteiger partial charge in [0.1, 0.15) is 6.07 Å². The lowest BCUT2D eigenvalue weighted by Gasteiger charge is -2.11. The molecule has 0 aliphatic carbocycles. The number of rotatable bonds is 0. The van der Waals surface area contributed by atoms with Crippen LogP contribution in [0.3, 0.4) is 0 Å². The Labute approximate surface area is 84.6 Å². The maximum absolute atomic E-state index is 12.4. The summed E-state index contributed by atoms with van der Waals surface area (Å²) in [5.41, 5.74) is -0.979. The number of nitrogens with zero attached hydrogens (tertiary/aromatic N) is 1. The molecule has 0 heterocycles. The van der Waals surface area contributed by atoms with Crippen molar-refractivity contribution >= 4 is 12.6 Å². The molecule has 0 saturated heterocycles. The van der Waals surface area contributed by atoms with E-state index in [4.69, 9.17) is 5.26 Å². The summed E-state index contributed by atoms with van der Waals surface area (Å²) < 4.78 is 37.2. The number of hydrogen-bond acceptors (Lipinski definition) is 2. The lowest BCUT2D eigenvalue weighted by atomic mass is 10.0. The van der Waals surface area contributed by atoms with E-state index >= 15 is 0 Å². The summed E-state index contributed by atoms with van der Waals surface area (Å²) in [6.45, 7) is 1.45. The van der Waals surface area contributed by atoms with Crippen LogP contribution in [0.25, 0.3) is 0 Å². The minimum absolute atomic E-state index is 0.203. The summed E-state index contributed by atoms with van der Waals surface area (Å²) in [4.78, 5) is 0.203. The SMILES string of the molecule is Cc1cc(S)cc(C(F)(F)F)c1C#N. The van der Waals surface area contributed by atoms with Crippen molar-refractivity contribution < 1.29 is 13.2 Å². The Morgan fingerprint density at radius 3 is 2.36 bits per heavy atom. The standard InChI is InChI=1S/C9H6F3NS/c1-5-2-6(14)3-8(7(5)4-13)9(10,11)12/h2-3,14H,1H3. The molecule has 0 aliphatic heterocycles. The van der Waals surface area contributed by atoms with E-state index in [9.17, 15) is 13.2 Å². The van der Waals surface area contributed by atoms with Crippen LogP contribution in [0.2, 0.25) is 0 Å². The molecule has 1 aromatic rings. The maximum atomic E-state index is 12.4. The van der Waals surface area contributed by atoms with Crippen LogP contribution in [0.5, 0.6) is 0 Å². The molecule has 0 spiro atoms. The van der Waals surface area contributed by atoms with Gasteiger partial charge >= 0.3 is 6.18 Å². The van der Waals surface area contributed by atoms with Crippen molar-refractivity contribution in [2.45, 2.75) is 18.0 Å². The van der Waals surface area contributed by atoms with Crippen molar-refractivity contribution in [1.29, 1.82) is 5.26 Å². The largest absolute Gasteiger partial charge is 0.417 e. The smallest absolute Gasteiger partial charge is 0.192 e. The Morgan fingerprint density at radius 1 is 1.36 bits per heavy atom. The third-order valence-corrected chi connectivity index (χ3v) is 2.00. The molecule has 0 aromatic heterocycles. The van der Waals surface area contributed by atoms with Gasteiger partial charge in [-0.2, -0.15) is 18.4 Å². The molecule has 0 unspecified atom stereocenters. The van der Waals surface area contributed by atoms with Gasteiger partial charge in [-0.15, -0.1) is 12.6 Å². The van der Waals surface area contributed by atoms with Gasteiger partial charge in [0.15, 0.2) is 0 Å². The van der Waals surface area contributed by atoms with Gasteiger partial charge < -0.3 is 0 Å². The summed E-state index contributed by atoms with van der Waals surface area (Å²) in [7, 11) is 0. The first-order valence-electron chi connectivity index (χ1n) is 3.67. The van der Waals surface area contributed by atoms with Crippen LogP contribution in [0.1, 0.15) is 16.7 Å². The van der Waals surface area contributed by atoms with Gasteiger partial charge in [-0.1, -0.05) is 0 Å². The first-order chi connectivity index (χ1) is 6.36. The number of benzene rings is 1. The highest BCUT2D eigenvalue weighted by molar-refractivity contribution is 7.80. The maximum Gasteiger partial charge on any atom is 0.417 e. The molecule has 0 bridgehead atoms. The third-order valence-electron chi connectivity index (χ3n) is 1.74. The van der Waals surface area contributed by atoms with Crippen molar-refractivity contribution in [3.8, 4) is 6.07 Å². The molecule has 14 heavy (non-hydrogen) atoms. The molecule has 0 atom stereocenters. The van der Waals surface area contributed by atoms with Gasteiger partial charge in [0.25, 0.3) is 0 Å². The average Bonchev–Trinajstić information content (AvgIpc) is 2.01. The van der Waals surface area contributed by atoms with Crippen LogP contribution in [-0.4, -0.2) is 0 Å². The molecule has 1 aromatic carbocycles. The minimum atomic E-state index is -4.51. The highest BCUT2D eigenvalue weighted by Crippen LogP contribution is 2.34. The molecule has 1 nitrogen and oxygen atoms in total. The molecule has 1 rings (SSSR count). The van der Waals surface area contributed by atoms with Crippen LogP contribution in [0.4, 0.5) is 13.2 Å². The first-order valence-corrected chi connectivity index (χ1v) is 4.12. The topological polar surface area (TPSA) is 23.8 Å². The van der Waals surface area contributed by atoms with Crippen molar-refractivity contribution in [2.75, 3.05) is 0 Å². The van der Waals surface area contributed by atoms with Crippen LogP contribution in [0, 0.1) is 18.3 Å². The number of hydrogen-bond donors (Lipinski definition) is 1. The van der Waals surface area contributed by atoms with E-state index in [1.807, 2.05) is 0 Å². The molecule has 0 saturated carbocycles. The Balaban J connectivity index is 3.50. The second kappa shape index (κ2) is 3.54. The van der Waals surface area contributed by atoms with E-state index in [0.717, 1.165) is 6.07 Å². The number of aryl methyl sites for hydroxylation is 1. The summed E-state index contributed by atoms with van der Waals surface area (Å²) in [6.07, 6.45) is -4.51. The van der Waals surface area contributed by atoms with E-state index in [-0.39, 0.29) is 16.0 Å². The molecule has 0 fully saturated rings. The van der Waals surface area contributed by atoms with E-state index < -0.39 is 11.7 Å². The molecule has 5 heteroatoms. The van der Waals surface area contributed by atoms with Gasteiger partial charge in [0, 0.05) is 4.90 Å². The highest BCUT2D eigenvalue weighted by Gasteiger charge is 2.34. The molecule has 0 N–H and O–H groups in total. The van der Waals surface area contributed by atoms with Crippen molar-refractivity contribution in [3.05, 3.63) is 28.8 Å². The predicted octanol–water partition coefficient (Wildman–Crippen LogP) is 3.17. The minimum Gasteiger partial charge on any atom is -0.192 e. The molecule has 0 aliphatic rings. The quantitative estimate of drug-likeness (QED) is 0.663. The van der Waals surface area contributed by atoms with Gasteiger partial charge in [0.05, 0.1) is 11.1 Å². The van der Waals surface area contributed by atoms with Crippen molar-refractivity contribution in [1.82, 2.24) is 0 Å². The lowest BCUT2D eigenvalue weighted by Crippen LogP contribution is -2.09. The van der Waals surface area contributed by atoms with Crippen LogP contribution < -0.4 is 0 Å². The number of nitriles is 1. The second-order valence-electron chi connectivity index (χ2n) is 2.79. The van der Waals surface area contributed by atoms with Crippen LogP contribution in [-0.2, 0) is 6.18 Å². The van der Waals surface area contributed by atoms with E-state index in [2.05, 4.69) is 12.6 Å². The Bertz CT molecular complexity index is 404. The zero-order valence-corrected chi connectivity index (χ0v) is 8.08. The summed E-state index contributed by atoms with van der Waals surface area (Å²) in [5.74, 6) is 0. The molecular formula is C9H6F3NS. The number of alkyl halides is 3. The highest BCUT2D eigenvalue weighted by atomic mass is 32.1. The lowest BCUT2D eigenvalue weighted by molar-refractivity contribution is -0.138. The first kappa shape index (κ1) is 10.9. The average molecular weight is 217 g/mol. The molecular weight excluding hydrogens is 211 g/mol. The molecule has 0 radical (unpaired) electrons. The van der Waals surface area contributed by atoms with Gasteiger partial charge in [-0.3, -0.25) is 0 Å².